The lowest BCUT2D eigenvalue weighted by molar-refractivity contribution is 0.103. The maximum atomic E-state index is 12.3. The summed E-state index contributed by atoms with van der Waals surface area (Å²) < 4.78 is 5.57. The van der Waals surface area contributed by atoms with Gasteiger partial charge in [0.2, 0.25) is 0 Å². The molecule has 2 aromatic rings. The number of hydrogen-bond acceptors (Lipinski definition) is 4. The Morgan fingerprint density at radius 2 is 1.94 bits per heavy atom. The smallest absolute Gasteiger partial charge is 0.199 e. The van der Waals surface area contributed by atoms with Crippen molar-refractivity contribution in [2.45, 2.75) is 13.3 Å². The van der Waals surface area contributed by atoms with Gasteiger partial charge in [-0.3, -0.25) is 4.79 Å². The normalized spacial score (nSPS) is 10.1. The molecule has 0 aliphatic carbocycles. The largest absolute Gasteiger partial charge is 0.493 e. The zero-order chi connectivity index (χ0) is 12.8. The molecule has 0 fully saturated rings. The molecule has 0 atom stereocenters. The molecule has 1 aromatic carbocycles. The predicted octanol–water partition coefficient (Wildman–Crippen LogP) is 2.50. The SMILES string of the molecule is CCCOc1ccccc1C(=O)c1cncnc1. The van der Waals surface area contributed by atoms with Crippen LogP contribution in [0.4, 0.5) is 0 Å². The van der Waals surface area contributed by atoms with Crippen molar-refractivity contribution in [1.29, 1.82) is 0 Å². The summed E-state index contributed by atoms with van der Waals surface area (Å²) in [5.74, 6) is 0.482. The first kappa shape index (κ1) is 12.2. The lowest BCUT2D eigenvalue weighted by Crippen LogP contribution is -2.06. The van der Waals surface area contributed by atoms with Crippen molar-refractivity contribution in [1.82, 2.24) is 9.97 Å². The number of carbonyl (C=O) groups is 1. The predicted molar refractivity (Wildman–Crippen MR) is 67.7 cm³/mol. The average Bonchev–Trinajstić information content (AvgIpc) is 2.45. The van der Waals surface area contributed by atoms with Crippen molar-refractivity contribution in [2.24, 2.45) is 0 Å². The number of rotatable bonds is 5. The van der Waals surface area contributed by atoms with Gasteiger partial charge in [0.1, 0.15) is 12.1 Å². The molecule has 18 heavy (non-hydrogen) atoms. The monoisotopic (exact) mass is 242 g/mol. The van der Waals surface area contributed by atoms with Crippen molar-refractivity contribution < 1.29 is 9.53 Å². The summed E-state index contributed by atoms with van der Waals surface area (Å²) >= 11 is 0. The van der Waals surface area contributed by atoms with E-state index in [2.05, 4.69) is 9.97 Å². The van der Waals surface area contributed by atoms with Crippen LogP contribution in [0.1, 0.15) is 29.3 Å². The van der Waals surface area contributed by atoms with Crippen LogP contribution in [0.25, 0.3) is 0 Å². The van der Waals surface area contributed by atoms with Crippen molar-refractivity contribution >= 4 is 5.78 Å². The Labute approximate surface area is 106 Å². The summed E-state index contributed by atoms with van der Waals surface area (Å²) in [4.78, 5) is 20.0. The third kappa shape index (κ3) is 2.71. The fourth-order valence-electron chi connectivity index (χ4n) is 1.56. The van der Waals surface area contributed by atoms with Crippen LogP contribution in [-0.2, 0) is 0 Å². The first-order chi connectivity index (χ1) is 8.83. The molecule has 0 aliphatic rings. The van der Waals surface area contributed by atoms with Gasteiger partial charge >= 0.3 is 0 Å². The highest BCUT2D eigenvalue weighted by Crippen LogP contribution is 2.21. The Kier molecular flexibility index (Phi) is 4.02. The van der Waals surface area contributed by atoms with Crippen LogP contribution in [0.3, 0.4) is 0 Å². The first-order valence-corrected chi connectivity index (χ1v) is 5.84. The van der Waals surface area contributed by atoms with Crippen LogP contribution in [0.5, 0.6) is 5.75 Å². The molecule has 0 aliphatic heterocycles. The minimum absolute atomic E-state index is 0.123. The van der Waals surface area contributed by atoms with Crippen molar-refractivity contribution in [3.8, 4) is 5.75 Å². The summed E-state index contributed by atoms with van der Waals surface area (Å²) in [6, 6.07) is 7.21. The van der Waals surface area contributed by atoms with Crippen LogP contribution in [-0.4, -0.2) is 22.4 Å². The van der Waals surface area contributed by atoms with Crippen molar-refractivity contribution in [2.75, 3.05) is 6.61 Å². The molecule has 4 nitrogen and oxygen atoms in total. The number of benzene rings is 1. The van der Waals surface area contributed by atoms with Crippen LogP contribution >= 0.6 is 0 Å². The molecule has 1 aromatic heterocycles. The van der Waals surface area contributed by atoms with Crippen LogP contribution < -0.4 is 4.74 Å². The van der Waals surface area contributed by atoms with Gasteiger partial charge in [-0.1, -0.05) is 19.1 Å². The molecule has 4 heteroatoms. The third-order valence-electron chi connectivity index (χ3n) is 2.42. The van der Waals surface area contributed by atoms with Gasteiger partial charge in [0, 0.05) is 12.4 Å². The van der Waals surface area contributed by atoms with Gasteiger partial charge in [0.15, 0.2) is 5.78 Å². The van der Waals surface area contributed by atoms with E-state index in [1.165, 1.54) is 18.7 Å². The molecule has 0 saturated heterocycles. The van der Waals surface area contributed by atoms with E-state index in [0.29, 0.717) is 23.5 Å². The number of ketones is 1. The third-order valence-corrected chi connectivity index (χ3v) is 2.42. The van der Waals surface area contributed by atoms with Gasteiger partial charge < -0.3 is 4.74 Å². The quantitative estimate of drug-likeness (QED) is 0.756. The molecule has 0 radical (unpaired) electrons. The maximum absolute atomic E-state index is 12.3. The van der Waals surface area contributed by atoms with Crippen molar-refractivity contribution in [3.05, 3.63) is 54.1 Å². The number of nitrogens with zero attached hydrogens (tertiary/aromatic N) is 2. The highest BCUT2D eigenvalue weighted by atomic mass is 16.5. The Hall–Kier alpha value is -2.23. The van der Waals surface area contributed by atoms with Crippen LogP contribution in [0.15, 0.2) is 43.0 Å². The number of aromatic nitrogens is 2. The molecule has 0 amide bonds. The number of hydrogen-bond donors (Lipinski definition) is 0. The Morgan fingerprint density at radius 3 is 2.67 bits per heavy atom. The first-order valence-electron chi connectivity index (χ1n) is 5.84. The van der Waals surface area contributed by atoms with E-state index in [0.717, 1.165) is 6.42 Å². The van der Waals surface area contributed by atoms with E-state index in [4.69, 9.17) is 4.74 Å². The minimum atomic E-state index is -0.123. The molecule has 0 N–H and O–H groups in total. The summed E-state index contributed by atoms with van der Waals surface area (Å²) in [7, 11) is 0. The highest BCUT2D eigenvalue weighted by molar-refractivity contribution is 6.10. The molecule has 92 valence electrons. The lowest BCUT2D eigenvalue weighted by Gasteiger charge is -2.09. The zero-order valence-corrected chi connectivity index (χ0v) is 10.2. The second-order valence-electron chi connectivity index (χ2n) is 3.80. The molecule has 0 unspecified atom stereocenters. The summed E-state index contributed by atoms with van der Waals surface area (Å²) in [6.45, 7) is 2.62. The second kappa shape index (κ2) is 5.91. The van der Waals surface area contributed by atoms with Gasteiger partial charge in [-0.05, 0) is 18.6 Å². The highest BCUT2D eigenvalue weighted by Gasteiger charge is 2.14. The summed E-state index contributed by atoms with van der Waals surface area (Å²) in [6.07, 6.45) is 5.31. The zero-order valence-electron chi connectivity index (χ0n) is 10.2. The minimum Gasteiger partial charge on any atom is -0.493 e. The molecule has 1 heterocycles. The second-order valence-corrected chi connectivity index (χ2v) is 3.80. The topological polar surface area (TPSA) is 52.1 Å². The van der Waals surface area contributed by atoms with Gasteiger partial charge in [-0.25, -0.2) is 9.97 Å². The van der Waals surface area contributed by atoms with Crippen molar-refractivity contribution in [3.63, 3.8) is 0 Å². The van der Waals surface area contributed by atoms with E-state index in [1.807, 2.05) is 19.1 Å². The average molecular weight is 242 g/mol. The fourth-order valence-corrected chi connectivity index (χ4v) is 1.56. The molecule has 2 rings (SSSR count). The number of ether oxygens (including phenoxy) is 1. The van der Waals surface area contributed by atoms with E-state index < -0.39 is 0 Å². The van der Waals surface area contributed by atoms with Crippen LogP contribution in [0, 0.1) is 0 Å². The van der Waals surface area contributed by atoms with Crippen LogP contribution in [0.2, 0.25) is 0 Å². The van der Waals surface area contributed by atoms with E-state index in [1.54, 1.807) is 12.1 Å². The summed E-state index contributed by atoms with van der Waals surface area (Å²) in [5, 5.41) is 0. The van der Waals surface area contributed by atoms with Gasteiger partial charge in [0.05, 0.1) is 17.7 Å². The number of carbonyl (C=O) groups excluding carboxylic acids is 1. The Bertz CT molecular complexity index is 526. The van der Waals surface area contributed by atoms with E-state index >= 15 is 0 Å². The Morgan fingerprint density at radius 1 is 1.22 bits per heavy atom. The standard InChI is InChI=1S/C14H14N2O2/c1-2-7-18-13-6-4-3-5-12(13)14(17)11-8-15-10-16-9-11/h3-6,8-10H,2,7H2,1H3. The van der Waals surface area contributed by atoms with E-state index in [9.17, 15) is 4.79 Å². The number of para-hydroxylation sites is 1. The fraction of sp³-hybridized carbons (Fsp3) is 0.214. The summed E-state index contributed by atoms with van der Waals surface area (Å²) in [5.41, 5.74) is 1.01. The van der Waals surface area contributed by atoms with Gasteiger partial charge in [-0.2, -0.15) is 0 Å². The lowest BCUT2D eigenvalue weighted by atomic mass is 10.1. The van der Waals surface area contributed by atoms with E-state index in [-0.39, 0.29) is 5.78 Å². The maximum Gasteiger partial charge on any atom is 0.199 e. The van der Waals surface area contributed by atoms with Gasteiger partial charge in [-0.15, -0.1) is 0 Å². The Balaban J connectivity index is 2.30. The molecular formula is C14H14N2O2. The molecule has 0 saturated carbocycles. The van der Waals surface area contributed by atoms with Gasteiger partial charge in [0.25, 0.3) is 0 Å². The molecular weight excluding hydrogens is 228 g/mol. The molecule has 0 bridgehead atoms. The molecule has 0 spiro atoms.